The van der Waals surface area contributed by atoms with E-state index in [1.807, 2.05) is 48.8 Å². The first-order valence-electron chi connectivity index (χ1n) is 10.6. The minimum atomic E-state index is 0.558. The Morgan fingerprint density at radius 1 is 1.03 bits per heavy atom. The van der Waals surface area contributed by atoms with Gasteiger partial charge in [-0.15, -0.1) is 0 Å². The molecule has 5 aromatic rings. The Balaban J connectivity index is 1.35. The highest BCUT2D eigenvalue weighted by Crippen LogP contribution is 2.24. The molecule has 3 heterocycles. The van der Waals surface area contributed by atoms with E-state index in [4.69, 9.17) is 5.73 Å². The summed E-state index contributed by atoms with van der Waals surface area (Å²) in [6, 6.07) is 20.4. The van der Waals surface area contributed by atoms with Crippen LogP contribution in [0.3, 0.4) is 0 Å². The lowest BCUT2D eigenvalue weighted by Gasteiger charge is -2.11. The summed E-state index contributed by atoms with van der Waals surface area (Å²) in [5.41, 5.74) is 12.3. The number of fused-ring (bicyclic) bond motifs is 1. The van der Waals surface area contributed by atoms with Crippen LogP contribution in [0.4, 0.5) is 5.82 Å². The predicted molar refractivity (Wildman–Crippen MR) is 127 cm³/mol. The second-order valence-corrected chi connectivity index (χ2v) is 7.82. The molecule has 0 aliphatic heterocycles. The summed E-state index contributed by atoms with van der Waals surface area (Å²) in [5.74, 6) is 0.872. The maximum atomic E-state index is 5.75. The first-order chi connectivity index (χ1) is 15.7. The third kappa shape index (κ3) is 3.98. The summed E-state index contributed by atoms with van der Waals surface area (Å²) >= 11 is 0. The average Bonchev–Trinajstić information content (AvgIpc) is 3.47. The van der Waals surface area contributed by atoms with Crippen LogP contribution in [0.1, 0.15) is 22.4 Å². The zero-order valence-electron chi connectivity index (χ0n) is 17.9. The van der Waals surface area contributed by atoms with Gasteiger partial charge in [0, 0.05) is 30.9 Å². The minimum absolute atomic E-state index is 0.558. The van der Waals surface area contributed by atoms with E-state index in [0.29, 0.717) is 19.6 Å². The van der Waals surface area contributed by atoms with E-state index in [-0.39, 0.29) is 0 Å². The van der Waals surface area contributed by atoms with Gasteiger partial charge in [-0.25, -0.2) is 4.98 Å². The van der Waals surface area contributed by atoms with Crippen LogP contribution >= 0.6 is 0 Å². The number of benzene rings is 2. The van der Waals surface area contributed by atoms with Gasteiger partial charge in [0.1, 0.15) is 11.5 Å². The lowest BCUT2D eigenvalue weighted by molar-refractivity contribution is 0.720. The number of anilines is 1. The molecule has 0 saturated heterocycles. The molecule has 0 bridgehead atoms. The molecule has 0 atom stereocenters. The Hall–Kier alpha value is -3.97. The van der Waals surface area contributed by atoms with Gasteiger partial charge in [-0.3, -0.25) is 0 Å². The number of nitrogens with one attached hydrogen (secondary N) is 1. The molecule has 0 aliphatic carbocycles. The quantitative estimate of drug-likeness (QED) is 0.412. The van der Waals surface area contributed by atoms with Crippen LogP contribution in [0, 0.1) is 6.92 Å². The summed E-state index contributed by atoms with van der Waals surface area (Å²) < 4.78 is 2.17. The van der Waals surface area contributed by atoms with E-state index in [2.05, 4.69) is 62.5 Å². The fourth-order valence-electron chi connectivity index (χ4n) is 3.89. The van der Waals surface area contributed by atoms with Crippen LogP contribution in [-0.2, 0) is 19.6 Å². The molecule has 0 saturated carbocycles. The third-order valence-electron chi connectivity index (χ3n) is 5.65. The molecule has 5 rings (SSSR count). The number of hydrogen-bond donors (Lipinski definition) is 2. The number of hydrogen-bond acceptors (Lipinski definition) is 5. The average molecular weight is 424 g/mol. The molecule has 3 N–H and O–H groups in total. The third-order valence-corrected chi connectivity index (χ3v) is 5.65. The maximum Gasteiger partial charge on any atom is 0.135 e. The van der Waals surface area contributed by atoms with E-state index >= 15 is 0 Å². The highest BCUT2D eigenvalue weighted by molar-refractivity contribution is 5.90. The minimum Gasteiger partial charge on any atom is -0.365 e. The van der Waals surface area contributed by atoms with Crippen molar-refractivity contribution in [2.45, 2.75) is 26.6 Å². The van der Waals surface area contributed by atoms with Crippen molar-refractivity contribution >= 4 is 16.7 Å². The molecule has 0 amide bonds. The van der Waals surface area contributed by atoms with Gasteiger partial charge in [-0.05, 0) is 47.9 Å². The van der Waals surface area contributed by atoms with E-state index < -0.39 is 0 Å². The van der Waals surface area contributed by atoms with Crippen LogP contribution in [0.25, 0.3) is 16.6 Å². The lowest BCUT2D eigenvalue weighted by atomic mass is 10.1. The second kappa shape index (κ2) is 8.64. The molecule has 7 heteroatoms. The Morgan fingerprint density at radius 2 is 1.91 bits per heavy atom. The Kier molecular flexibility index (Phi) is 5.39. The molecule has 32 heavy (non-hydrogen) atoms. The molecule has 2 aromatic carbocycles. The smallest absolute Gasteiger partial charge is 0.135 e. The highest BCUT2D eigenvalue weighted by Gasteiger charge is 2.10. The molecular weight excluding hydrogens is 398 g/mol. The van der Waals surface area contributed by atoms with Crippen LogP contribution in [0.2, 0.25) is 0 Å². The number of aryl methyl sites for hydroxylation is 1. The summed E-state index contributed by atoms with van der Waals surface area (Å²) in [4.78, 5) is 6.23. The van der Waals surface area contributed by atoms with Gasteiger partial charge in [-0.1, -0.05) is 36.4 Å². The topological polar surface area (TPSA) is 86.6 Å². The van der Waals surface area contributed by atoms with Crippen LogP contribution in [0.5, 0.6) is 0 Å². The molecule has 7 nitrogen and oxygen atoms in total. The van der Waals surface area contributed by atoms with Crippen molar-refractivity contribution in [3.63, 3.8) is 0 Å². The molecule has 0 aliphatic rings. The van der Waals surface area contributed by atoms with Gasteiger partial charge in [-0.2, -0.15) is 15.0 Å². The molecule has 0 fully saturated rings. The highest BCUT2D eigenvalue weighted by atomic mass is 15.5. The molecule has 0 spiro atoms. The summed E-state index contributed by atoms with van der Waals surface area (Å²) in [5, 5.41) is 13.6. The fourth-order valence-corrected chi connectivity index (χ4v) is 3.89. The number of pyridine rings is 1. The SMILES string of the molecule is Cc1cc(CN)ccc1CNc1nccc2c1ccn2Cc1cnn(-c2ccccc2)n1. The number of aromatic nitrogens is 5. The monoisotopic (exact) mass is 423 g/mol. The van der Waals surface area contributed by atoms with Crippen LogP contribution in [-0.4, -0.2) is 24.5 Å². The summed E-state index contributed by atoms with van der Waals surface area (Å²) in [6.45, 7) is 4.02. The zero-order valence-corrected chi connectivity index (χ0v) is 17.9. The van der Waals surface area contributed by atoms with Crippen LogP contribution in [0.15, 0.2) is 79.3 Å². The van der Waals surface area contributed by atoms with Crippen molar-refractivity contribution in [3.8, 4) is 5.69 Å². The van der Waals surface area contributed by atoms with E-state index in [9.17, 15) is 0 Å². The van der Waals surface area contributed by atoms with Gasteiger partial charge in [0.25, 0.3) is 0 Å². The van der Waals surface area contributed by atoms with Crippen molar-refractivity contribution in [2.75, 3.05) is 5.32 Å². The van der Waals surface area contributed by atoms with Crippen molar-refractivity contribution in [1.82, 2.24) is 24.5 Å². The Labute approximate surface area is 186 Å². The van der Waals surface area contributed by atoms with Crippen molar-refractivity contribution in [3.05, 3.63) is 102 Å². The first kappa shape index (κ1) is 20.0. The van der Waals surface area contributed by atoms with Gasteiger partial charge in [0.15, 0.2) is 0 Å². The number of nitrogens with zero attached hydrogens (tertiary/aromatic N) is 5. The van der Waals surface area contributed by atoms with Gasteiger partial charge in [0.05, 0.1) is 23.9 Å². The van der Waals surface area contributed by atoms with Crippen molar-refractivity contribution in [2.24, 2.45) is 5.73 Å². The maximum absolute atomic E-state index is 5.75. The van der Waals surface area contributed by atoms with Gasteiger partial charge >= 0.3 is 0 Å². The first-order valence-corrected chi connectivity index (χ1v) is 10.6. The van der Waals surface area contributed by atoms with Crippen molar-refractivity contribution < 1.29 is 0 Å². The van der Waals surface area contributed by atoms with E-state index in [0.717, 1.165) is 33.7 Å². The molecule has 0 radical (unpaired) electrons. The van der Waals surface area contributed by atoms with E-state index in [1.54, 1.807) is 4.80 Å². The number of nitrogens with two attached hydrogens (primary N) is 1. The largest absolute Gasteiger partial charge is 0.365 e. The summed E-state index contributed by atoms with van der Waals surface area (Å²) in [6.07, 6.45) is 5.72. The van der Waals surface area contributed by atoms with Crippen molar-refractivity contribution in [1.29, 1.82) is 0 Å². The fraction of sp³-hybridized carbons (Fsp3) is 0.160. The van der Waals surface area contributed by atoms with Gasteiger partial charge < -0.3 is 15.6 Å². The molecular formula is C25H25N7. The zero-order chi connectivity index (χ0) is 21.9. The molecule has 3 aromatic heterocycles. The van der Waals surface area contributed by atoms with Crippen LogP contribution < -0.4 is 11.1 Å². The molecule has 160 valence electrons. The second-order valence-electron chi connectivity index (χ2n) is 7.82. The molecule has 0 unspecified atom stereocenters. The summed E-state index contributed by atoms with van der Waals surface area (Å²) in [7, 11) is 0. The standard InChI is InChI=1S/C25H25N7/c1-18-13-19(14-26)7-8-20(18)15-28-25-23-10-12-31(24(23)9-11-27-25)17-21-16-29-32(30-21)22-5-3-2-4-6-22/h2-13,16H,14-15,17,26H2,1H3,(H,27,28). The Morgan fingerprint density at radius 3 is 2.72 bits per heavy atom. The number of para-hydroxylation sites is 1. The Bertz CT molecular complexity index is 1350. The lowest BCUT2D eigenvalue weighted by Crippen LogP contribution is -2.05. The van der Waals surface area contributed by atoms with E-state index in [1.165, 1.54) is 11.1 Å². The number of rotatable bonds is 7. The predicted octanol–water partition coefficient (Wildman–Crippen LogP) is 4.04. The normalized spacial score (nSPS) is 11.2. The van der Waals surface area contributed by atoms with Gasteiger partial charge in [0.2, 0.25) is 0 Å².